The fourth-order valence-corrected chi connectivity index (χ4v) is 1.77. The lowest BCUT2D eigenvalue weighted by atomic mass is 10.4. The molecule has 2 aromatic heterocycles. The van der Waals surface area contributed by atoms with Crippen LogP contribution >= 0.6 is 11.6 Å². The third kappa shape index (κ3) is 2.89. The van der Waals surface area contributed by atoms with E-state index in [1.54, 1.807) is 34.0 Å². The van der Waals surface area contributed by atoms with Crippen LogP contribution in [-0.2, 0) is 13.1 Å². The molecule has 0 unspecified atom stereocenters. The molecule has 0 aliphatic heterocycles. The zero-order chi connectivity index (χ0) is 13.0. The Morgan fingerprint density at radius 3 is 3.00 bits per heavy atom. The molecule has 0 radical (unpaired) electrons. The van der Waals surface area contributed by atoms with Crippen LogP contribution in [0.1, 0.15) is 17.4 Å². The van der Waals surface area contributed by atoms with Crippen molar-refractivity contribution in [1.29, 1.82) is 0 Å². The summed E-state index contributed by atoms with van der Waals surface area (Å²) in [4.78, 5) is 11.9. The maximum Gasteiger partial charge on any atom is 0.269 e. The first-order chi connectivity index (χ1) is 8.70. The molecule has 0 aliphatic rings. The minimum atomic E-state index is -0.132. The molecule has 2 heterocycles. The Labute approximate surface area is 110 Å². The molecule has 0 aliphatic carbocycles. The summed E-state index contributed by atoms with van der Waals surface area (Å²) in [5.41, 5.74) is 0.566. The van der Waals surface area contributed by atoms with Crippen molar-refractivity contribution >= 4 is 17.5 Å². The van der Waals surface area contributed by atoms with E-state index in [1.807, 2.05) is 6.92 Å². The number of nitrogens with zero attached hydrogens (tertiary/aromatic N) is 4. The molecule has 2 rings (SSSR count). The molecule has 6 nitrogen and oxygen atoms in total. The lowest BCUT2D eigenvalue weighted by Crippen LogP contribution is -2.29. The number of nitrogens with one attached hydrogen (secondary N) is 1. The van der Waals surface area contributed by atoms with Gasteiger partial charge in [-0.3, -0.25) is 14.2 Å². The van der Waals surface area contributed by atoms with Crippen molar-refractivity contribution in [3.63, 3.8) is 0 Å². The molecule has 0 aromatic carbocycles. The topological polar surface area (TPSA) is 64.7 Å². The molecule has 18 heavy (non-hydrogen) atoms. The number of rotatable bonds is 5. The zero-order valence-electron chi connectivity index (χ0n) is 10.0. The minimum Gasteiger partial charge on any atom is -0.349 e. The first kappa shape index (κ1) is 12.6. The van der Waals surface area contributed by atoms with E-state index in [-0.39, 0.29) is 5.91 Å². The maximum absolute atomic E-state index is 11.9. The maximum atomic E-state index is 11.9. The molecule has 96 valence electrons. The molecular formula is C11H14ClN5O. The number of aromatic nitrogens is 4. The van der Waals surface area contributed by atoms with E-state index < -0.39 is 0 Å². The van der Waals surface area contributed by atoms with Crippen LogP contribution in [0, 0.1) is 0 Å². The van der Waals surface area contributed by atoms with E-state index >= 15 is 0 Å². The van der Waals surface area contributed by atoms with E-state index in [0.29, 0.717) is 30.4 Å². The van der Waals surface area contributed by atoms with E-state index in [9.17, 15) is 4.79 Å². The number of hydrogen-bond donors (Lipinski definition) is 1. The van der Waals surface area contributed by atoms with Gasteiger partial charge in [-0.2, -0.15) is 10.2 Å². The molecule has 7 heteroatoms. The highest BCUT2D eigenvalue weighted by Gasteiger charge is 2.09. The van der Waals surface area contributed by atoms with Crippen LogP contribution in [0.5, 0.6) is 0 Å². The minimum absolute atomic E-state index is 0.132. The summed E-state index contributed by atoms with van der Waals surface area (Å²) in [5, 5.41) is 11.5. The van der Waals surface area contributed by atoms with Crippen LogP contribution in [0.4, 0.5) is 0 Å². The number of halogens is 1. The number of carbonyl (C=O) groups is 1. The normalized spacial score (nSPS) is 10.6. The first-order valence-electron chi connectivity index (χ1n) is 5.68. The van der Waals surface area contributed by atoms with Gasteiger partial charge >= 0.3 is 0 Å². The average molecular weight is 268 g/mol. The molecule has 1 N–H and O–H groups in total. The molecule has 0 bridgehead atoms. The lowest BCUT2D eigenvalue weighted by Gasteiger charge is -2.06. The highest BCUT2D eigenvalue weighted by molar-refractivity contribution is 6.30. The highest BCUT2D eigenvalue weighted by atomic mass is 35.5. The summed E-state index contributed by atoms with van der Waals surface area (Å²) in [7, 11) is 0. The second-order valence-electron chi connectivity index (χ2n) is 3.71. The number of amides is 1. The van der Waals surface area contributed by atoms with Gasteiger partial charge in [0.25, 0.3) is 5.91 Å². The Morgan fingerprint density at radius 2 is 2.33 bits per heavy atom. The van der Waals surface area contributed by atoms with Gasteiger partial charge in [0, 0.05) is 25.5 Å². The van der Waals surface area contributed by atoms with Crippen molar-refractivity contribution in [2.45, 2.75) is 20.0 Å². The predicted molar refractivity (Wildman–Crippen MR) is 67.5 cm³/mol. The summed E-state index contributed by atoms with van der Waals surface area (Å²) in [6.07, 6.45) is 4.89. The fraction of sp³-hybridized carbons (Fsp3) is 0.364. The zero-order valence-corrected chi connectivity index (χ0v) is 10.8. The van der Waals surface area contributed by atoms with E-state index in [0.717, 1.165) is 0 Å². The van der Waals surface area contributed by atoms with Crippen molar-refractivity contribution in [3.8, 4) is 0 Å². The Hall–Kier alpha value is -1.82. The number of hydrogen-bond acceptors (Lipinski definition) is 3. The second-order valence-corrected chi connectivity index (χ2v) is 4.15. The molecule has 0 saturated carbocycles. The molecule has 0 atom stereocenters. The smallest absolute Gasteiger partial charge is 0.269 e. The van der Waals surface area contributed by atoms with Crippen molar-refractivity contribution in [2.24, 2.45) is 0 Å². The van der Waals surface area contributed by atoms with E-state index in [1.165, 1.54) is 0 Å². The van der Waals surface area contributed by atoms with Crippen molar-refractivity contribution in [2.75, 3.05) is 6.54 Å². The van der Waals surface area contributed by atoms with Gasteiger partial charge in [-0.15, -0.1) is 0 Å². The summed E-state index contributed by atoms with van der Waals surface area (Å²) in [5.74, 6) is -0.132. The molecule has 0 saturated heterocycles. The van der Waals surface area contributed by atoms with Crippen LogP contribution in [0.15, 0.2) is 24.7 Å². The number of aryl methyl sites for hydroxylation is 1. The van der Waals surface area contributed by atoms with Gasteiger partial charge in [-0.05, 0) is 13.0 Å². The van der Waals surface area contributed by atoms with Crippen LogP contribution < -0.4 is 5.32 Å². The molecule has 2 aromatic rings. The van der Waals surface area contributed by atoms with Crippen LogP contribution in [0.2, 0.25) is 5.02 Å². The summed E-state index contributed by atoms with van der Waals surface area (Å²) >= 11 is 5.74. The summed E-state index contributed by atoms with van der Waals surface area (Å²) in [6.45, 7) is 3.69. The third-order valence-corrected chi connectivity index (χ3v) is 2.67. The van der Waals surface area contributed by atoms with Crippen LogP contribution in [-0.4, -0.2) is 32.0 Å². The van der Waals surface area contributed by atoms with E-state index in [2.05, 4.69) is 15.5 Å². The Morgan fingerprint density at radius 1 is 1.50 bits per heavy atom. The Kier molecular flexibility index (Phi) is 3.99. The van der Waals surface area contributed by atoms with Gasteiger partial charge in [-0.1, -0.05) is 11.6 Å². The summed E-state index contributed by atoms with van der Waals surface area (Å²) < 4.78 is 3.33. The third-order valence-electron chi connectivity index (χ3n) is 2.48. The highest BCUT2D eigenvalue weighted by Crippen LogP contribution is 2.04. The van der Waals surface area contributed by atoms with Gasteiger partial charge in [0.2, 0.25) is 0 Å². The number of carbonyl (C=O) groups excluding carboxylic acids is 1. The lowest BCUT2D eigenvalue weighted by molar-refractivity contribution is 0.0941. The van der Waals surface area contributed by atoms with Crippen molar-refractivity contribution in [3.05, 3.63) is 35.4 Å². The standard InChI is InChI=1S/C11H14ClN5O/c1-2-17-10(3-4-14-17)11(18)13-5-6-16-8-9(12)7-15-16/h3-4,7-8H,2,5-6H2,1H3,(H,13,18). The predicted octanol–water partition coefficient (Wildman–Crippen LogP) is 1.18. The SMILES string of the molecule is CCn1nccc1C(=O)NCCn1cc(Cl)cn1. The fourth-order valence-electron chi connectivity index (χ4n) is 1.61. The van der Waals surface area contributed by atoms with Gasteiger partial charge in [0.05, 0.1) is 17.8 Å². The molecule has 0 spiro atoms. The average Bonchev–Trinajstić information content (AvgIpc) is 2.97. The molecule has 1 amide bonds. The molecular weight excluding hydrogens is 254 g/mol. The van der Waals surface area contributed by atoms with Crippen LogP contribution in [0.3, 0.4) is 0 Å². The quantitative estimate of drug-likeness (QED) is 0.885. The van der Waals surface area contributed by atoms with Gasteiger partial charge in [0.1, 0.15) is 5.69 Å². The Balaban J connectivity index is 1.85. The summed E-state index contributed by atoms with van der Waals surface area (Å²) in [6, 6.07) is 1.70. The monoisotopic (exact) mass is 267 g/mol. The van der Waals surface area contributed by atoms with Gasteiger partial charge < -0.3 is 5.32 Å². The van der Waals surface area contributed by atoms with Crippen molar-refractivity contribution < 1.29 is 4.79 Å². The van der Waals surface area contributed by atoms with Crippen molar-refractivity contribution in [1.82, 2.24) is 24.9 Å². The Bertz CT molecular complexity index is 533. The van der Waals surface area contributed by atoms with Gasteiger partial charge in [0.15, 0.2) is 0 Å². The second kappa shape index (κ2) is 5.68. The van der Waals surface area contributed by atoms with E-state index in [4.69, 9.17) is 11.6 Å². The van der Waals surface area contributed by atoms with Gasteiger partial charge in [-0.25, -0.2) is 0 Å². The first-order valence-corrected chi connectivity index (χ1v) is 6.06. The van der Waals surface area contributed by atoms with Crippen LogP contribution in [0.25, 0.3) is 0 Å². The largest absolute Gasteiger partial charge is 0.349 e. The molecule has 0 fully saturated rings.